The van der Waals surface area contributed by atoms with E-state index in [1.54, 1.807) is 32.9 Å². The van der Waals surface area contributed by atoms with Gasteiger partial charge in [-0.2, -0.15) is 0 Å². The summed E-state index contributed by atoms with van der Waals surface area (Å²) in [5.74, 6) is -1.52. The summed E-state index contributed by atoms with van der Waals surface area (Å²) in [7, 11) is 0. The Morgan fingerprint density at radius 2 is 1.75 bits per heavy atom. The zero-order valence-electron chi connectivity index (χ0n) is 15.7. The fourth-order valence-corrected chi connectivity index (χ4v) is 3.04. The molecule has 8 nitrogen and oxygen atoms in total. The largest absolute Gasteiger partial charge is 0.444 e. The van der Waals surface area contributed by atoms with Crippen molar-refractivity contribution in [2.45, 2.75) is 38.6 Å². The molecular formula is C20H21NO7. The first-order chi connectivity index (χ1) is 13.1. The second kappa shape index (κ2) is 7.21. The van der Waals surface area contributed by atoms with E-state index in [2.05, 4.69) is 5.32 Å². The molecule has 1 aliphatic rings. The van der Waals surface area contributed by atoms with Crippen LogP contribution in [-0.4, -0.2) is 46.5 Å². The molecule has 1 heterocycles. The number of aliphatic hydroxyl groups excluding tert-OH is 2. The monoisotopic (exact) mass is 387 g/mol. The molecule has 1 amide bonds. The van der Waals surface area contributed by atoms with Crippen molar-refractivity contribution in [3.8, 4) is 0 Å². The SMILES string of the molecule is CC(C)(C)OC(=O)NCC(O)C(O)c1ccc2c3c(cccc13)C(=O)OC2=O. The van der Waals surface area contributed by atoms with E-state index < -0.39 is 35.8 Å². The molecule has 3 rings (SSSR count). The van der Waals surface area contributed by atoms with Gasteiger partial charge in [-0.25, -0.2) is 14.4 Å². The smallest absolute Gasteiger partial charge is 0.407 e. The summed E-state index contributed by atoms with van der Waals surface area (Å²) in [6.45, 7) is 4.87. The molecule has 28 heavy (non-hydrogen) atoms. The Bertz CT molecular complexity index is 941. The topological polar surface area (TPSA) is 122 Å². The summed E-state index contributed by atoms with van der Waals surface area (Å²) in [5, 5.41) is 24.1. The van der Waals surface area contributed by atoms with Crippen LogP contribution in [0.15, 0.2) is 30.3 Å². The molecule has 2 aromatic carbocycles. The zero-order valence-corrected chi connectivity index (χ0v) is 15.7. The number of benzene rings is 2. The predicted octanol–water partition coefficient (Wildman–Crippen LogP) is 2.07. The summed E-state index contributed by atoms with van der Waals surface area (Å²) in [4.78, 5) is 35.7. The van der Waals surface area contributed by atoms with Gasteiger partial charge in [0.2, 0.25) is 0 Å². The molecule has 0 aliphatic carbocycles. The molecule has 2 unspecified atom stereocenters. The Labute approximate surface area is 161 Å². The van der Waals surface area contributed by atoms with Gasteiger partial charge in [0.25, 0.3) is 0 Å². The van der Waals surface area contributed by atoms with Crippen LogP contribution in [0.3, 0.4) is 0 Å². The van der Waals surface area contributed by atoms with Gasteiger partial charge in [-0.05, 0) is 43.9 Å². The number of ether oxygens (including phenoxy) is 2. The Balaban J connectivity index is 1.86. The minimum atomic E-state index is -1.37. The van der Waals surface area contributed by atoms with Crippen molar-refractivity contribution in [3.05, 3.63) is 47.0 Å². The van der Waals surface area contributed by atoms with Crippen LogP contribution in [0.4, 0.5) is 4.79 Å². The normalized spacial score (nSPS) is 15.8. The highest BCUT2D eigenvalue weighted by Gasteiger charge is 2.30. The highest BCUT2D eigenvalue weighted by molar-refractivity contribution is 6.21. The molecule has 0 fully saturated rings. The van der Waals surface area contributed by atoms with Gasteiger partial charge in [0, 0.05) is 11.9 Å². The highest BCUT2D eigenvalue weighted by Crippen LogP contribution is 2.34. The zero-order chi connectivity index (χ0) is 20.6. The standard InChI is InChI=1S/C20H21NO7/c1-20(2,3)28-19(26)21-9-14(22)16(23)11-7-8-13-15-10(11)5-4-6-12(15)17(24)27-18(13)25/h4-8,14,16,22-23H,9H2,1-3H3,(H,21,26). The third-order valence-corrected chi connectivity index (χ3v) is 4.24. The molecule has 0 aromatic heterocycles. The molecule has 0 bridgehead atoms. The van der Waals surface area contributed by atoms with E-state index in [9.17, 15) is 24.6 Å². The fourth-order valence-electron chi connectivity index (χ4n) is 3.04. The Hall–Kier alpha value is -2.97. The van der Waals surface area contributed by atoms with E-state index in [-0.39, 0.29) is 17.7 Å². The predicted molar refractivity (Wildman–Crippen MR) is 98.9 cm³/mol. The lowest BCUT2D eigenvalue weighted by atomic mass is 9.90. The molecular weight excluding hydrogens is 366 g/mol. The lowest BCUT2D eigenvalue weighted by Crippen LogP contribution is -2.38. The molecule has 1 aliphatic heterocycles. The first-order valence-corrected chi connectivity index (χ1v) is 8.73. The van der Waals surface area contributed by atoms with Crippen molar-refractivity contribution >= 4 is 28.8 Å². The molecule has 0 saturated heterocycles. The third-order valence-electron chi connectivity index (χ3n) is 4.24. The van der Waals surface area contributed by atoms with Gasteiger partial charge in [0.1, 0.15) is 17.8 Å². The fraction of sp³-hybridized carbons (Fsp3) is 0.350. The van der Waals surface area contributed by atoms with E-state index in [1.807, 2.05) is 0 Å². The second-order valence-corrected chi connectivity index (χ2v) is 7.50. The number of carbonyl (C=O) groups is 3. The number of cyclic esters (lactones) is 2. The maximum Gasteiger partial charge on any atom is 0.407 e. The van der Waals surface area contributed by atoms with E-state index in [0.29, 0.717) is 16.3 Å². The molecule has 3 N–H and O–H groups in total. The van der Waals surface area contributed by atoms with Gasteiger partial charge in [-0.3, -0.25) is 0 Å². The van der Waals surface area contributed by atoms with Crippen LogP contribution in [-0.2, 0) is 9.47 Å². The van der Waals surface area contributed by atoms with Crippen molar-refractivity contribution in [1.82, 2.24) is 5.32 Å². The van der Waals surface area contributed by atoms with Crippen molar-refractivity contribution < 1.29 is 34.1 Å². The molecule has 0 saturated carbocycles. The number of esters is 2. The number of alkyl carbamates (subject to hydrolysis) is 1. The summed E-state index contributed by atoms with van der Waals surface area (Å²) >= 11 is 0. The maximum atomic E-state index is 12.0. The molecule has 2 atom stereocenters. The summed E-state index contributed by atoms with van der Waals surface area (Å²) < 4.78 is 9.79. The minimum absolute atomic E-state index is 0.211. The number of aliphatic hydroxyl groups is 2. The summed E-state index contributed by atoms with van der Waals surface area (Å²) in [6.07, 6.45) is -3.42. The number of amides is 1. The van der Waals surface area contributed by atoms with Crippen LogP contribution in [0.5, 0.6) is 0 Å². The number of rotatable bonds is 4. The summed E-state index contributed by atoms with van der Waals surface area (Å²) in [5.41, 5.74) is 0.0528. The van der Waals surface area contributed by atoms with Gasteiger partial charge in [-0.1, -0.05) is 18.2 Å². The van der Waals surface area contributed by atoms with Gasteiger partial charge in [-0.15, -0.1) is 0 Å². The first-order valence-electron chi connectivity index (χ1n) is 8.73. The van der Waals surface area contributed by atoms with Crippen molar-refractivity contribution in [2.24, 2.45) is 0 Å². The van der Waals surface area contributed by atoms with Crippen LogP contribution < -0.4 is 5.32 Å². The van der Waals surface area contributed by atoms with Crippen molar-refractivity contribution in [3.63, 3.8) is 0 Å². The van der Waals surface area contributed by atoms with E-state index in [1.165, 1.54) is 18.2 Å². The van der Waals surface area contributed by atoms with Crippen LogP contribution in [0.1, 0.15) is 53.2 Å². The lowest BCUT2D eigenvalue weighted by Gasteiger charge is -2.24. The van der Waals surface area contributed by atoms with Crippen LogP contribution >= 0.6 is 0 Å². The number of nitrogens with one attached hydrogen (secondary N) is 1. The molecule has 2 aromatic rings. The molecule has 148 valence electrons. The van der Waals surface area contributed by atoms with E-state index in [4.69, 9.17) is 9.47 Å². The first kappa shape index (κ1) is 19.8. The Morgan fingerprint density at radius 1 is 1.11 bits per heavy atom. The van der Waals surface area contributed by atoms with Crippen LogP contribution in [0.2, 0.25) is 0 Å². The summed E-state index contributed by atoms with van der Waals surface area (Å²) in [6, 6.07) is 7.69. The Morgan fingerprint density at radius 3 is 2.39 bits per heavy atom. The second-order valence-electron chi connectivity index (χ2n) is 7.50. The van der Waals surface area contributed by atoms with Gasteiger partial charge in [0.15, 0.2) is 0 Å². The van der Waals surface area contributed by atoms with Gasteiger partial charge < -0.3 is 25.0 Å². The lowest BCUT2D eigenvalue weighted by molar-refractivity contribution is 0.0135. The van der Waals surface area contributed by atoms with Crippen LogP contribution in [0.25, 0.3) is 10.8 Å². The quantitative estimate of drug-likeness (QED) is 0.542. The van der Waals surface area contributed by atoms with Crippen LogP contribution in [0, 0.1) is 0 Å². The average Bonchev–Trinajstić information content (AvgIpc) is 2.61. The molecule has 0 radical (unpaired) electrons. The van der Waals surface area contributed by atoms with Crippen molar-refractivity contribution in [1.29, 1.82) is 0 Å². The van der Waals surface area contributed by atoms with E-state index in [0.717, 1.165) is 0 Å². The average molecular weight is 387 g/mol. The third kappa shape index (κ3) is 3.83. The Kier molecular flexibility index (Phi) is 5.10. The van der Waals surface area contributed by atoms with E-state index >= 15 is 0 Å². The highest BCUT2D eigenvalue weighted by atomic mass is 16.6. The van der Waals surface area contributed by atoms with Gasteiger partial charge >= 0.3 is 18.0 Å². The maximum absolute atomic E-state index is 12.0. The number of carbonyl (C=O) groups excluding carboxylic acids is 3. The van der Waals surface area contributed by atoms with Crippen molar-refractivity contribution in [2.75, 3.05) is 6.54 Å². The minimum Gasteiger partial charge on any atom is -0.444 e. The number of hydrogen-bond donors (Lipinski definition) is 3. The molecule has 0 spiro atoms. The number of hydrogen-bond acceptors (Lipinski definition) is 7. The molecule has 8 heteroatoms. The van der Waals surface area contributed by atoms with Gasteiger partial charge in [0.05, 0.1) is 11.1 Å².